The van der Waals surface area contributed by atoms with Gasteiger partial charge in [0.05, 0.1) is 5.52 Å². The summed E-state index contributed by atoms with van der Waals surface area (Å²) in [5.41, 5.74) is 4.38. The predicted molar refractivity (Wildman–Crippen MR) is 147 cm³/mol. The van der Waals surface area contributed by atoms with Crippen molar-refractivity contribution in [1.82, 2.24) is 19.9 Å². The molecular weight excluding hydrogens is 464 g/mol. The first kappa shape index (κ1) is 22.3. The molecule has 5 heteroatoms. The smallest absolute Gasteiger partial charge is 0.163 e. The molecule has 0 amide bonds. The van der Waals surface area contributed by atoms with E-state index in [2.05, 4.69) is 54.4 Å². The van der Waals surface area contributed by atoms with Crippen LogP contribution in [0.5, 0.6) is 0 Å². The molecule has 1 aliphatic rings. The van der Waals surface area contributed by atoms with Crippen molar-refractivity contribution < 1.29 is 0 Å². The molecule has 2 heterocycles. The van der Waals surface area contributed by atoms with Crippen molar-refractivity contribution in [2.24, 2.45) is 0 Å². The van der Waals surface area contributed by atoms with Crippen molar-refractivity contribution in [3.63, 3.8) is 0 Å². The van der Waals surface area contributed by atoms with Gasteiger partial charge in [-0.15, -0.1) is 0 Å². The molecule has 0 spiro atoms. The van der Waals surface area contributed by atoms with Gasteiger partial charge in [0.2, 0.25) is 0 Å². The lowest BCUT2D eigenvalue weighted by molar-refractivity contribution is 0.554. The third-order valence-corrected chi connectivity index (χ3v) is 6.73. The minimum absolute atomic E-state index is 0.320. The van der Waals surface area contributed by atoms with Gasteiger partial charge >= 0.3 is 0 Å². The summed E-state index contributed by atoms with van der Waals surface area (Å²) in [6.45, 7) is 2.16. The van der Waals surface area contributed by atoms with E-state index in [9.17, 15) is 0 Å². The molecule has 1 aliphatic carbocycles. The Morgan fingerprint density at radius 1 is 0.722 bits per heavy atom. The Bertz CT molecular complexity index is 1640. The summed E-state index contributed by atoms with van der Waals surface area (Å²) in [7, 11) is 0. The maximum Gasteiger partial charge on any atom is 0.163 e. The fourth-order valence-corrected chi connectivity index (χ4v) is 4.72. The van der Waals surface area contributed by atoms with E-state index in [1.54, 1.807) is 0 Å². The summed E-state index contributed by atoms with van der Waals surface area (Å²) in [6, 6.07) is 26.2. The van der Waals surface area contributed by atoms with Crippen molar-refractivity contribution in [3.8, 4) is 33.9 Å². The highest BCUT2D eigenvalue weighted by Crippen LogP contribution is 2.34. The van der Waals surface area contributed by atoms with Crippen molar-refractivity contribution in [3.05, 3.63) is 120 Å². The number of pyridine rings is 1. The second kappa shape index (κ2) is 9.14. The van der Waals surface area contributed by atoms with Gasteiger partial charge < -0.3 is 0 Å². The van der Waals surface area contributed by atoms with Crippen LogP contribution >= 0.6 is 11.6 Å². The molecule has 0 radical (unpaired) electrons. The first-order valence-electron chi connectivity index (χ1n) is 11.9. The van der Waals surface area contributed by atoms with Gasteiger partial charge in [-0.25, -0.2) is 15.0 Å². The minimum Gasteiger partial charge on any atom is -0.256 e. The number of para-hydroxylation sites is 1. The SMILES string of the molecule is CC1(c2nc(-c3ccccc3)nc(-c3cc(Cl)cc(-c4cnc5ccccc5c4)c3)n2)C=CC=CC1. The van der Waals surface area contributed by atoms with Gasteiger partial charge in [0.25, 0.3) is 0 Å². The standard InChI is InChI=1S/C31H23ClN4/c1-31(14-8-3-9-15-31)30-35-28(21-10-4-2-5-11-21)34-29(36-30)24-17-23(18-26(32)19-24)25-16-22-12-6-7-13-27(22)33-20-25/h2-14,16-20H,15H2,1H3. The van der Waals surface area contributed by atoms with Gasteiger partial charge in [0.1, 0.15) is 5.82 Å². The maximum absolute atomic E-state index is 6.63. The van der Waals surface area contributed by atoms with Crippen LogP contribution in [0.1, 0.15) is 19.2 Å². The quantitative estimate of drug-likeness (QED) is 0.259. The first-order chi connectivity index (χ1) is 17.6. The first-order valence-corrected chi connectivity index (χ1v) is 12.3. The van der Waals surface area contributed by atoms with Gasteiger partial charge in [-0.05, 0) is 49.2 Å². The van der Waals surface area contributed by atoms with Crippen molar-refractivity contribution in [2.75, 3.05) is 0 Å². The minimum atomic E-state index is -0.320. The Kier molecular flexibility index (Phi) is 5.67. The number of hydrogen-bond donors (Lipinski definition) is 0. The molecule has 174 valence electrons. The summed E-state index contributed by atoms with van der Waals surface area (Å²) in [6.07, 6.45) is 11.1. The number of fused-ring (bicyclic) bond motifs is 1. The van der Waals surface area contributed by atoms with Crippen LogP contribution in [0.2, 0.25) is 5.02 Å². The molecule has 3 aromatic carbocycles. The molecule has 1 unspecified atom stereocenters. The second-order valence-electron chi connectivity index (χ2n) is 9.23. The lowest BCUT2D eigenvalue weighted by Gasteiger charge is -2.25. The molecule has 6 rings (SSSR count). The van der Waals surface area contributed by atoms with Gasteiger partial charge in [0.15, 0.2) is 11.6 Å². The molecule has 0 aliphatic heterocycles. The van der Waals surface area contributed by atoms with Crippen molar-refractivity contribution in [2.45, 2.75) is 18.8 Å². The Balaban J connectivity index is 1.51. The van der Waals surface area contributed by atoms with Crippen LogP contribution in [-0.4, -0.2) is 19.9 Å². The molecule has 1 atom stereocenters. The largest absolute Gasteiger partial charge is 0.256 e. The topological polar surface area (TPSA) is 51.6 Å². The van der Waals surface area contributed by atoms with Crippen LogP contribution in [-0.2, 0) is 5.41 Å². The van der Waals surface area contributed by atoms with Gasteiger partial charge in [-0.1, -0.05) is 84.4 Å². The van der Waals surface area contributed by atoms with Gasteiger partial charge in [-0.3, -0.25) is 4.98 Å². The van der Waals surface area contributed by atoms with E-state index in [1.807, 2.05) is 66.9 Å². The molecule has 0 fully saturated rings. The summed E-state index contributed by atoms with van der Waals surface area (Å²) in [5, 5.41) is 1.70. The highest BCUT2D eigenvalue weighted by Gasteiger charge is 2.28. The van der Waals surface area contributed by atoms with E-state index >= 15 is 0 Å². The Morgan fingerprint density at radius 2 is 1.47 bits per heavy atom. The normalized spacial score (nSPS) is 16.9. The highest BCUT2D eigenvalue weighted by molar-refractivity contribution is 6.31. The van der Waals surface area contributed by atoms with Crippen LogP contribution in [0, 0.1) is 0 Å². The number of halogens is 1. The summed E-state index contributed by atoms with van der Waals surface area (Å²) < 4.78 is 0. The fourth-order valence-electron chi connectivity index (χ4n) is 4.48. The fraction of sp³-hybridized carbons (Fsp3) is 0.0968. The van der Waals surface area contributed by atoms with Gasteiger partial charge in [-0.2, -0.15) is 0 Å². The highest BCUT2D eigenvalue weighted by atomic mass is 35.5. The third kappa shape index (κ3) is 4.32. The molecule has 0 saturated carbocycles. The lowest BCUT2D eigenvalue weighted by atomic mass is 9.83. The van der Waals surface area contributed by atoms with E-state index in [4.69, 9.17) is 26.6 Å². The molecular formula is C31H23ClN4. The van der Waals surface area contributed by atoms with Crippen LogP contribution in [0.4, 0.5) is 0 Å². The Morgan fingerprint density at radius 3 is 2.28 bits per heavy atom. The molecule has 0 saturated heterocycles. The van der Waals surface area contributed by atoms with E-state index in [1.165, 1.54) is 0 Å². The maximum atomic E-state index is 6.63. The third-order valence-electron chi connectivity index (χ3n) is 6.51. The molecule has 36 heavy (non-hydrogen) atoms. The average Bonchev–Trinajstić information content (AvgIpc) is 2.93. The number of benzene rings is 3. The molecule has 0 N–H and O–H groups in total. The predicted octanol–water partition coefficient (Wildman–Crippen LogP) is 7.85. The molecule has 0 bridgehead atoms. The zero-order valence-corrected chi connectivity index (χ0v) is 20.5. The molecule has 5 aromatic rings. The summed E-state index contributed by atoms with van der Waals surface area (Å²) in [4.78, 5) is 19.4. The number of hydrogen-bond acceptors (Lipinski definition) is 4. The number of aromatic nitrogens is 4. The summed E-state index contributed by atoms with van der Waals surface area (Å²) in [5.74, 6) is 1.98. The zero-order valence-electron chi connectivity index (χ0n) is 19.8. The number of nitrogens with zero attached hydrogens (tertiary/aromatic N) is 4. The lowest BCUT2D eigenvalue weighted by Crippen LogP contribution is -2.24. The van der Waals surface area contributed by atoms with E-state index in [0.717, 1.165) is 45.4 Å². The number of allylic oxidation sites excluding steroid dienone is 4. The number of rotatable bonds is 4. The van der Waals surface area contributed by atoms with E-state index < -0.39 is 0 Å². The zero-order chi connectivity index (χ0) is 24.5. The van der Waals surface area contributed by atoms with Crippen LogP contribution in [0.25, 0.3) is 44.8 Å². The Labute approximate surface area is 215 Å². The van der Waals surface area contributed by atoms with Crippen LogP contribution in [0.15, 0.2) is 109 Å². The summed E-state index contributed by atoms with van der Waals surface area (Å²) >= 11 is 6.63. The molecule has 2 aromatic heterocycles. The van der Waals surface area contributed by atoms with Gasteiger partial charge in [0, 0.05) is 38.7 Å². The van der Waals surface area contributed by atoms with Crippen LogP contribution < -0.4 is 0 Å². The van der Waals surface area contributed by atoms with E-state index in [-0.39, 0.29) is 5.41 Å². The average molecular weight is 487 g/mol. The van der Waals surface area contributed by atoms with Crippen LogP contribution in [0.3, 0.4) is 0 Å². The van der Waals surface area contributed by atoms with Crippen molar-refractivity contribution in [1.29, 1.82) is 0 Å². The Hall–Kier alpha value is -4.15. The monoisotopic (exact) mass is 486 g/mol. The molecule has 4 nitrogen and oxygen atoms in total. The van der Waals surface area contributed by atoms with E-state index in [0.29, 0.717) is 16.7 Å². The second-order valence-corrected chi connectivity index (χ2v) is 9.66. The van der Waals surface area contributed by atoms with Crippen molar-refractivity contribution >= 4 is 22.5 Å².